The van der Waals surface area contributed by atoms with E-state index in [9.17, 15) is 13.6 Å². The molecule has 8 heteroatoms. The molecule has 0 bridgehead atoms. The Balaban J connectivity index is 1.54. The smallest absolute Gasteiger partial charge is 0.255 e. The molecule has 6 nitrogen and oxygen atoms in total. The van der Waals surface area contributed by atoms with Gasteiger partial charge in [-0.1, -0.05) is 6.07 Å². The summed E-state index contributed by atoms with van der Waals surface area (Å²) in [6, 6.07) is 7.33. The minimum absolute atomic E-state index is 0.0536. The summed E-state index contributed by atoms with van der Waals surface area (Å²) >= 11 is 0. The van der Waals surface area contributed by atoms with Crippen LogP contribution >= 0.6 is 0 Å². The maximum Gasteiger partial charge on any atom is 0.255 e. The first-order valence-electron chi connectivity index (χ1n) is 8.40. The molecule has 3 aromatic heterocycles. The van der Waals surface area contributed by atoms with Gasteiger partial charge in [0.25, 0.3) is 11.8 Å². The van der Waals surface area contributed by atoms with Gasteiger partial charge in [0.2, 0.25) is 0 Å². The van der Waals surface area contributed by atoms with E-state index in [1.807, 2.05) is 22.8 Å². The summed E-state index contributed by atoms with van der Waals surface area (Å²) in [7, 11) is 0. The molecule has 0 unspecified atom stereocenters. The molecule has 0 aliphatic carbocycles. The van der Waals surface area contributed by atoms with Crippen LogP contribution in [0.3, 0.4) is 0 Å². The maximum absolute atomic E-state index is 13.3. The monoisotopic (exact) mass is 357 g/mol. The Labute approximate surface area is 148 Å². The van der Waals surface area contributed by atoms with Crippen molar-refractivity contribution in [1.29, 1.82) is 0 Å². The van der Waals surface area contributed by atoms with E-state index in [1.54, 1.807) is 18.6 Å². The summed E-state index contributed by atoms with van der Waals surface area (Å²) in [6.45, 7) is 0.634. The van der Waals surface area contributed by atoms with E-state index in [0.717, 1.165) is 5.69 Å². The highest BCUT2D eigenvalue weighted by Crippen LogP contribution is 2.28. The Bertz CT molecular complexity index is 931. The number of carbonyl (C=O) groups is 1. The SMILES string of the molecule is O=C(c1cnc2c(c1)ncn2Cc1ccccn1)N1CCC(F)(F)CC1. The van der Waals surface area contributed by atoms with Gasteiger partial charge in [-0.25, -0.2) is 18.7 Å². The average Bonchev–Trinajstić information content (AvgIpc) is 3.04. The Hall–Kier alpha value is -2.90. The van der Waals surface area contributed by atoms with Crippen molar-refractivity contribution in [1.82, 2.24) is 24.4 Å². The first kappa shape index (κ1) is 16.6. The van der Waals surface area contributed by atoms with Crippen LogP contribution in [0.1, 0.15) is 28.9 Å². The molecule has 0 radical (unpaired) electrons. The number of carbonyl (C=O) groups excluding carboxylic acids is 1. The fourth-order valence-electron chi connectivity index (χ4n) is 3.07. The molecule has 0 saturated carbocycles. The van der Waals surface area contributed by atoms with Gasteiger partial charge in [0.1, 0.15) is 5.52 Å². The van der Waals surface area contributed by atoms with Crippen molar-refractivity contribution in [3.63, 3.8) is 0 Å². The second-order valence-corrected chi connectivity index (χ2v) is 6.41. The summed E-state index contributed by atoms with van der Waals surface area (Å²) in [5, 5.41) is 0. The first-order valence-corrected chi connectivity index (χ1v) is 8.40. The summed E-state index contributed by atoms with van der Waals surface area (Å²) < 4.78 is 28.4. The zero-order valence-electron chi connectivity index (χ0n) is 14.0. The summed E-state index contributed by atoms with van der Waals surface area (Å²) in [5.41, 5.74) is 2.49. The molecule has 0 aromatic carbocycles. The number of imidazole rings is 1. The lowest BCUT2D eigenvalue weighted by molar-refractivity contribution is -0.0494. The van der Waals surface area contributed by atoms with Crippen molar-refractivity contribution >= 4 is 17.1 Å². The molecule has 1 fully saturated rings. The molecule has 3 aromatic rings. The zero-order valence-corrected chi connectivity index (χ0v) is 14.0. The number of amides is 1. The number of hydrogen-bond donors (Lipinski definition) is 0. The van der Waals surface area contributed by atoms with E-state index >= 15 is 0 Å². The van der Waals surface area contributed by atoms with E-state index in [-0.39, 0.29) is 31.8 Å². The molecule has 134 valence electrons. The second-order valence-electron chi connectivity index (χ2n) is 6.41. The lowest BCUT2D eigenvalue weighted by Gasteiger charge is -2.31. The van der Waals surface area contributed by atoms with Crippen LogP contribution in [0.15, 0.2) is 43.0 Å². The normalized spacial score (nSPS) is 16.8. The van der Waals surface area contributed by atoms with Crippen molar-refractivity contribution in [3.05, 3.63) is 54.2 Å². The third kappa shape index (κ3) is 3.26. The van der Waals surface area contributed by atoms with Gasteiger partial charge in [0.15, 0.2) is 5.65 Å². The number of halogens is 2. The summed E-state index contributed by atoms with van der Waals surface area (Å²) in [6.07, 6.45) is 4.26. The number of alkyl halides is 2. The third-order valence-electron chi connectivity index (χ3n) is 4.54. The van der Waals surface area contributed by atoms with Crippen molar-refractivity contribution < 1.29 is 13.6 Å². The highest BCUT2D eigenvalue weighted by molar-refractivity contribution is 5.96. The Morgan fingerprint density at radius 3 is 2.69 bits per heavy atom. The average molecular weight is 357 g/mol. The molecule has 4 rings (SSSR count). The zero-order chi connectivity index (χ0) is 18.1. The highest BCUT2D eigenvalue weighted by Gasteiger charge is 2.35. The summed E-state index contributed by atoms with van der Waals surface area (Å²) in [5.74, 6) is -2.96. The Kier molecular flexibility index (Phi) is 4.10. The van der Waals surface area contributed by atoms with Gasteiger partial charge in [-0.3, -0.25) is 9.78 Å². The number of likely N-dealkylation sites (tertiary alicyclic amines) is 1. The van der Waals surface area contributed by atoms with E-state index in [4.69, 9.17) is 0 Å². The van der Waals surface area contributed by atoms with Gasteiger partial charge < -0.3 is 9.47 Å². The minimum Gasteiger partial charge on any atom is -0.338 e. The van der Waals surface area contributed by atoms with Crippen molar-refractivity contribution in [3.8, 4) is 0 Å². The number of pyridine rings is 2. The molecular formula is C18H17F2N5O. The number of aromatic nitrogens is 4. The molecule has 26 heavy (non-hydrogen) atoms. The highest BCUT2D eigenvalue weighted by atomic mass is 19.3. The van der Waals surface area contributed by atoms with Crippen molar-refractivity contribution in [2.24, 2.45) is 0 Å². The van der Waals surface area contributed by atoms with E-state index in [2.05, 4.69) is 15.0 Å². The molecule has 1 amide bonds. The van der Waals surface area contributed by atoms with Crippen molar-refractivity contribution in [2.45, 2.75) is 25.3 Å². The quantitative estimate of drug-likeness (QED) is 0.723. The largest absolute Gasteiger partial charge is 0.338 e. The fraction of sp³-hybridized carbons (Fsp3) is 0.333. The van der Waals surface area contributed by atoms with Crippen molar-refractivity contribution in [2.75, 3.05) is 13.1 Å². The lowest BCUT2D eigenvalue weighted by atomic mass is 10.1. The van der Waals surface area contributed by atoms with E-state index < -0.39 is 5.92 Å². The molecule has 0 N–H and O–H groups in total. The molecule has 4 heterocycles. The molecular weight excluding hydrogens is 340 g/mol. The number of fused-ring (bicyclic) bond motifs is 1. The molecule has 1 saturated heterocycles. The number of hydrogen-bond acceptors (Lipinski definition) is 4. The van der Waals surface area contributed by atoms with Gasteiger partial charge in [-0.2, -0.15) is 0 Å². The van der Waals surface area contributed by atoms with Crippen LogP contribution in [-0.2, 0) is 6.54 Å². The standard InChI is InChI=1S/C18H17F2N5O/c19-18(20)4-7-24(8-5-18)17(26)13-9-15-16(22-10-13)25(12-23-15)11-14-3-1-2-6-21-14/h1-3,6,9-10,12H,4-5,7-8,11H2. The van der Waals surface area contributed by atoms with Gasteiger partial charge in [0.05, 0.1) is 24.1 Å². The fourth-order valence-corrected chi connectivity index (χ4v) is 3.07. The molecule has 1 aliphatic heterocycles. The maximum atomic E-state index is 13.3. The lowest BCUT2D eigenvalue weighted by Crippen LogP contribution is -2.42. The van der Waals surface area contributed by atoms with Crippen LogP contribution in [0.5, 0.6) is 0 Å². The molecule has 1 aliphatic rings. The van der Waals surface area contributed by atoms with Gasteiger partial charge in [0, 0.05) is 38.3 Å². The van der Waals surface area contributed by atoms with Crippen LogP contribution in [-0.4, -0.2) is 49.3 Å². The van der Waals surface area contributed by atoms with Crippen LogP contribution in [0.25, 0.3) is 11.2 Å². The predicted molar refractivity (Wildman–Crippen MR) is 91.0 cm³/mol. The van der Waals surface area contributed by atoms with Crippen LogP contribution in [0.4, 0.5) is 8.78 Å². The van der Waals surface area contributed by atoms with Crippen LogP contribution < -0.4 is 0 Å². The van der Waals surface area contributed by atoms with Gasteiger partial charge in [-0.05, 0) is 18.2 Å². The number of piperidine rings is 1. The molecule has 0 spiro atoms. The summed E-state index contributed by atoms with van der Waals surface area (Å²) in [4.78, 5) is 26.9. The van der Waals surface area contributed by atoms with Crippen LogP contribution in [0, 0.1) is 0 Å². The van der Waals surface area contributed by atoms with Gasteiger partial charge >= 0.3 is 0 Å². The Morgan fingerprint density at radius 1 is 1.15 bits per heavy atom. The number of rotatable bonds is 3. The molecule has 0 atom stereocenters. The number of nitrogens with zero attached hydrogens (tertiary/aromatic N) is 5. The minimum atomic E-state index is -2.68. The predicted octanol–water partition coefficient (Wildman–Crippen LogP) is 2.75. The van der Waals surface area contributed by atoms with E-state index in [0.29, 0.717) is 23.3 Å². The Morgan fingerprint density at radius 2 is 1.96 bits per heavy atom. The van der Waals surface area contributed by atoms with Gasteiger partial charge in [-0.15, -0.1) is 0 Å². The van der Waals surface area contributed by atoms with Crippen LogP contribution in [0.2, 0.25) is 0 Å². The topological polar surface area (TPSA) is 63.9 Å². The first-order chi connectivity index (χ1) is 12.5. The van der Waals surface area contributed by atoms with E-state index in [1.165, 1.54) is 11.1 Å². The third-order valence-corrected chi connectivity index (χ3v) is 4.54. The second kappa shape index (κ2) is 6.44.